The molecule has 190 valence electrons. The zero-order valence-corrected chi connectivity index (χ0v) is 20.5. The Morgan fingerprint density at radius 2 is 1.11 bits per heavy atom. The zero-order chi connectivity index (χ0) is 25.3. The highest BCUT2D eigenvalue weighted by atomic mass is 17.3. The minimum absolute atomic E-state index is 0.0733. The smallest absolute Gasteiger partial charge is 0.373 e. The van der Waals surface area contributed by atoms with Gasteiger partial charge in [-0.15, -0.1) is 9.78 Å². The molecule has 0 atom stereocenters. The maximum Gasteiger partial charge on any atom is 0.373 e. The van der Waals surface area contributed by atoms with Crippen LogP contribution in [-0.2, 0) is 41.9 Å². The SMILES string of the molecule is [CH2]CCOCCCOCC[C](OOC(=O)c1ccc(CC)cc1)OOC(=O)c1ccc(CC)cc1. The molecule has 0 spiro atoms. The van der Waals surface area contributed by atoms with Crippen molar-refractivity contribution in [2.24, 2.45) is 0 Å². The third-order valence-corrected chi connectivity index (χ3v) is 4.93. The maximum absolute atomic E-state index is 12.3. The third-order valence-electron chi connectivity index (χ3n) is 4.93. The van der Waals surface area contributed by atoms with Gasteiger partial charge in [-0.3, -0.25) is 9.78 Å². The second kappa shape index (κ2) is 16.8. The summed E-state index contributed by atoms with van der Waals surface area (Å²) < 4.78 is 10.9. The van der Waals surface area contributed by atoms with Crippen LogP contribution in [0.1, 0.15) is 65.0 Å². The fraction of sp³-hybridized carbons (Fsp3) is 0.407. The first-order chi connectivity index (χ1) is 17.1. The average molecular weight is 487 g/mol. The van der Waals surface area contributed by atoms with Crippen molar-refractivity contribution in [3.8, 4) is 0 Å². The number of benzene rings is 2. The molecule has 35 heavy (non-hydrogen) atoms. The molecule has 0 amide bonds. The highest BCUT2D eigenvalue weighted by Crippen LogP contribution is 2.16. The van der Waals surface area contributed by atoms with E-state index in [1.54, 1.807) is 24.3 Å². The molecule has 2 radical (unpaired) electrons. The lowest BCUT2D eigenvalue weighted by atomic mass is 10.1. The number of hydrogen-bond donors (Lipinski definition) is 0. The number of aryl methyl sites for hydroxylation is 2. The molecule has 0 bridgehead atoms. The molecule has 0 aliphatic carbocycles. The van der Waals surface area contributed by atoms with Gasteiger partial charge in [-0.1, -0.05) is 45.0 Å². The van der Waals surface area contributed by atoms with Crippen LogP contribution < -0.4 is 0 Å². The van der Waals surface area contributed by atoms with E-state index in [2.05, 4.69) is 6.92 Å². The van der Waals surface area contributed by atoms with Gasteiger partial charge in [-0.2, -0.15) is 0 Å². The van der Waals surface area contributed by atoms with E-state index in [-0.39, 0.29) is 19.3 Å². The molecule has 0 aromatic heterocycles. The highest BCUT2D eigenvalue weighted by molar-refractivity contribution is 5.89. The summed E-state index contributed by atoms with van der Waals surface area (Å²) in [6, 6.07) is 13.9. The van der Waals surface area contributed by atoms with Gasteiger partial charge in [0.1, 0.15) is 0 Å². The molecule has 0 heterocycles. The summed E-state index contributed by atoms with van der Waals surface area (Å²) in [4.78, 5) is 44.5. The van der Waals surface area contributed by atoms with Crippen molar-refractivity contribution >= 4 is 11.9 Å². The Morgan fingerprint density at radius 1 is 0.657 bits per heavy atom. The van der Waals surface area contributed by atoms with Gasteiger partial charge in [0.05, 0.1) is 17.7 Å². The lowest BCUT2D eigenvalue weighted by Crippen LogP contribution is -2.18. The molecule has 0 saturated carbocycles. The molecule has 2 aromatic carbocycles. The summed E-state index contributed by atoms with van der Waals surface area (Å²) in [5.41, 5.74) is 2.80. The molecular weight excluding hydrogens is 452 g/mol. The Morgan fingerprint density at radius 3 is 1.54 bits per heavy atom. The van der Waals surface area contributed by atoms with Gasteiger partial charge in [0.25, 0.3) is 0 Å². The van der Waals surface area contributed by atoms with E-state index in [9.17, 15) is 9.59 Å². The van der Waals surface area contributed by atoms with Crippen molar-refractivity contribution in [3.63, 3.8) is 0 Å². The average Bonchev–Trinajstić information content (AvgIpc) is 2.90. The highest BCUT2D eigenvalue weighted by Gasteiger charge is 2.22. The standard InChI is InChI=1S/C27H34O8/c1-4-17-30-18-7-19-31-20-16-25(32-34-26(28)23-12-8-21(5-2)9-13-23)33-35-27(29)24-14-10-22(6-3)11-15-24/h8-15H,1,4-7,16-20H2,2-3H3. The van der Waals surface area contributed by atoms with Crippen LogP contribution in [0.5, 0.6) is 0 Å². The van der Waals surface area contributed by atoms with E-state index in [0.717, 1.165) is 30.4 Å². The van der Waals surface area contributed by atoms with E-state index in [1.165, 1.54) is 0 Å². The molecule has 8 nitrogen and oxygen atoms in total. The van der Waals surface area contributed by atoms with Crippen LogP contribution in [0.4, 0.5) is 0 Å². The van der Waals surface area contributed by atoms with Crippen LogP contribution >= 0.6 is 0 Å². The van der Waals surface area contributed by atoms with Gasteiger partial charge in [0.15, 0.2) is 0 Å². The predicted octanol–water partition coefficient (Wildman–Crippen LogP) is 5.22. The molecular formula is C27H34O8. The summed E-state index contributed by atoms with van der Waals surface area (Å²) in [5, 5.41) is 0. The first kappa shape index (κ1) is 28.5. The molecule has 0 fully saturated rings. The van der Waals surface area contributed by atoms with Gasteiger partial charge in [0, 0.05) is 26.2 Å². The lowest BCUT2D eigenvalue weighted by Gasteiger charge is -2.14. The van der Waals surface area contributed by atoms with Gasteiger partial charge in [0.2, 0.25) is 0 Å². The molecule has 0 unspecified atom stereocenters. The normalized spacial score (nSPS) is 11.0. The summed E-state index contributed by atoms with van der Waals surface area (Å²) in [7, 11) is 0. The fourth-order valence-corrected chi connectivity index (χ4v) is 2.84. The van der Waals surface area contributed by atoms with E-state index < -0.39 is 11.9 Å². The van der Waals surface area contributed by atoms with E-state index in [0.29, 0.717) is 37.4 Å². The Kier molecular flexibility index (Phi) is 13.6. The molecule has 0 saturated heterocycles. The quantitative estimate of drug-likeness (QED) is 0.171. The maximum atomic E-state index is 12.3. The minimum Gasteiger partial charge on any atom is -0.381 e. The van der Waals surface area contributed by atoms with E-state index in [1.807, 2.05) is 38.1 Å². The summed E-state index contributed by atoms with van der Waals surface area (Å²) in [5.74, 6) is -1.42. The molecule has 8 heteroatoms. The minimum atomic E-state index is -0.710. The van der Waals surface area contributed by atoms with Crippen molar-refractivity contribution < 1.29 is 38.6 Å². The van der Waals surface area contributed by atoms with Gasteiger partial charge < -0.3 is 9.47 Å². The van der Waals surface area contributed by atoms with Gasteiger partial charge in [-0.25, -0.2) is 9.59 Å². The first-order valence-corrected chi connectivity index (χ1v) is 11.8. The number of carbonyl (C=O) groups is 2. The lowest BCUT2D eigenvalue weighted by molar-refractivity contribution is -0.364. The summed E-state index contributed by atoms with van der Waals surface area (Å²) in [6.07, 6.45) is 2.98. The third kappa shape index (κ3) is 11.0. The van der Waals surface area contributed by atoms with Crippen molar-refractivity contribution in [3.05, 3.63) is 84.0 Å². The summed E-state index contributed by atoms with van der Waals surface area (Å²) in [6.45, 7) is 9.58. The zero-order valence-electron chi connectivity index (χ0n) is 20.5. The van der Waals surface area contributed by atoms with Gasteiger partial charge >= 0.3 is 18.2 Å². The van der Waals surface area contributed by atoms with E-state index in [4.69, 9.17) is 29.0 Å². The molecule has 0 aliphatic rings. The second-order valence-corrected chi connectivity index (χ2v) is 7.56. The van der Waals surface area contributed by atoms with Crippen LogP contribution in [0.2, 0.25) is 0 Å². The van der Waals surface area contributed by atoms with Crippen LogP contribution in [-0.4, -0.2) is 38.4 Å². The molecule has 2 aromatic rings. The van der Waals surface area contributed by atoms with Crippen LogP contribution in [0.15, 0.2) is 48.5 Å². The Bertz CT molecular complexity index is 800. The van der Waals surface area contributed by atoms with Crippen LogP contribution in [0.3, 0.4) is 0 Å². The Balaban J connectivity index is 1.85. The largest absolute Gasteiger partial charge is 0.381 e. The number of ether oxygens (including phenoxy) is 2. The second-order valence-electron chi connectivity index (χ2n) is 7.56. The molecule has 0 N–H and O–H groups in total. The van der Waals surface area contributed by atoms with Crippen molar-refractivity contribution in [1.29, 1.82) is 0 Å². The van der Waals surface area contributed by atoms with Crippen LogP contribution in [0, 0.1) is 13.2 Å². The monoisotopic (exact) mass is 486 g/mol. The molecule has 2 rings (SSSR count). The number of carbonyl (C=O) groups excluding carboxylic acids is 2. The fourth-order valence-electron chi connectivity index (χ4n) is 2.84. The Labute approximate surface area is 207 Å². The van der Waals surface area contributed by atoms with E-state index >= 15 is 0 Å². The van der Waals surface area contributed by atoms with Crippen molar-refractivity contribution in [2.45, 2.75) is 46.0 Å². The topological polar surface area (TPSA) is 89.5 Å². The molecule has 0 aliphatic heterocycles. The predicted molar refractivity (Wildman–Crippen MR) is 129 cm³/mol. The summed E-state index contributed by atoms with van der Waals surface area (Å²) >= 11 is 0. The van der Waals surface area contributed by atoms with Crippen molar-refractivity contribution in [2.75, 3.05) is 26.4 Å². The number of hydrogen-bond acceptors (Lipinski definition) is 8. The first-order valence-electron chi connectivity index (χ1n) is 11.8. The van der Waals surface area contributed by atoms with Crippen LogP contribution in [0.25, 0.3) is 0 Å². The number of rotatable bonds is 17. The Hall–Kier alpha value is -2.78. The van der Waals surface area contributed by atoms with Crippen molar-refractivity contribution in [1.82, 2.24) is 0 Å². The van der Waals surface area contributed by atoms with Gasteiger partial charge in [-0.05, 0) is 61.1 Å².